The molecule has 0 spiro atoms. The Bertz CT molecular complexity index is 617. The van der Waals surface area contributed by atoms with E-state index in [0.29, 0.717) is 17.5 Å². The normalized spacial score (nSPS) is 12.5. The maximum atomic E-state index is 11.5. The molecule has 2 aromatic rings. The van der Waals surface area contributed by atoms with Gasteiger partial charge in [-0.2, -0.15) is 0 Å². The van der Waals surface area contributed by atoms with Crippen molar-refractivity contribution >= 4 is 11.8 Å². The minimum absolute atomic E-state index is 0.0669. The number of hydrogen-bond donors (Lipinski definition) is 2. The summed E-state index contributed by atoms with van der Waals surface area (Å²) in [5.74, 6) is 0.692. The molecule has 0 aliphatic rings. The van der Waals surface area contributed by atoms with Crippen LogP contribution < -0.4 is 11.4 Å². The van der Waals surface area contributed by atoms with E-state index in [1.807, 2.05) is 6.92 Å². The molecule has 0 fully saturated rings. The number of nitrogens with one attached hydrogen (secondary N) is 1. The fourth-order valence-electron chi connectivity index (χ4n) is 2.17. The highest BCUT2D eigenvalue weighted by Gasteiger charge is 2.11. The van der Waals surface area contributed by atoms with E-state index in [0.717, 1.165) is 18.4 Å². The Hall–Kier alpha value is -1.53. The first-order chi connectivity index (χ1) is 10.2. The Morgan fingerprint density at radius 1 is 1.33 bits per heavy atom. The van der Waals surface area contributed by atoms with Gasteiger partial charge in [-0.3, -0.25) is 4.57 Å². The summed E-state index contributed by atoms with van der Waals surface area (Å²) in [7, 11) is 0. The maximum Gasteiger partial charge on any atom is 0.343 e. The molecule has 0 saturated heterocycles. The minimum atomic E-state index is -0.169. The van der Waals surface area contributed by atoms with E-state index in [9.17, 15) is 4.79 Å². The molecule has 2 rings (SSSR count). The predicted molar refractivity (Wildman–Crippen MR) is 86.6 cm³/mol. The predicted octanol–water partition coefficient (Wildman–Crippen LogP) is 2.34. The third kappa shape index (κ3) is 3.98. The van der Waals surface area contributed by atoms with Crippen molar-refractivity contribution in [2.45, 2.75) is 44.4 Å². The van der Waals surface area contributed by atoms with E-state index in [1.165, 1.54) is 17.3 Å². The fraction of sp³-hybridized carbons (Fsp3) is 0.467. The Morgan fingerprint density at radius 2 is 2.05 bits per heavy atom. The monoisotopic (exact) mass is 306 g/mol. The molecule has 0 bridgehead atoms. The van der Waals surface area contributed by atoms with Gasteiger partial charge in [-0.15, -0.1) is 5.10 Å². The zero-order valence-electron chi connectivity index (χ0n) is 12.5. The maximum absolute atomic E-state index is 11.5. The first-order valence-electron chi connectivity index (χ1n) is 7.28. The average molecular weight is 306 g/mol. The van der Waals surface area contributed by atoms with Gasteiger partial charge in [-0.1, -0.05) is 49.4 Å². The van der Waals surface area contributed by atoms with Crippen LogP contribution in [0, 0.1) is 0 Å². The fourth-order valence-corrected chi connectivity index (χ4v) is 3.17. The summed E-state index contributed by atoms with van der Waals surface area (Å²) in [6, 6.07) is 8.39. The van der Waals surface area contributed by atoms with Crippen molar-refractivity contribution in [1.29, 1.82) is 0 Å². The van der Waals surface area contributed by atoms with Crippen molar-refractivity contribution in [3.8, 4) is 0 Å². The number of aromatic amines is 1. The van der Waals surface area contributed by atoms with Gasteiger partial charge < -0.3 is 5.73 Å². The Balaban J connectivity index is 1.97. The van der Waals surface area contributed by atoms with Crippen molar-refractivity contribution in [3.63, 3.8) is 0 Å². The topological polar surface area (TPSA) is 76.7 Å². The molecule has 114 valence electrons. The number of nitrogens with two attached hydrogens (primary N) is 1. The number of hydrogen-bond acceptors (Lipinski definition) is 4. The molecule has 0 amide bonds. The van der Waals surface area contributed by atoms with Crippen molar-refractivity contribution in [1.82, 2.24) is 14.8 Å². The molecule has 1 aromatic heterocycles. The lowest BCUT2D eigenvalue weighted by Crippen LogP contribution is -2.17. The molecule has 1 aromatic carbocycles. The van der Waals surface area contributed by atoms with Crippen LogP contribution in [0.25, 0.3) is 0 Å². The number of aryl methyl sites for hydroxylation is 1. The minimum Gasteiger partial charge on any atom is -0.323 e. The van der Waals surface area contributed by atoms with Gasteiger partial charge in [0.05, 0.1) is 0 Å². The van der Waals surface area contributed by atoms with Crippen LogP contribution in [0.4, 0.5) is 0 Å². The highest BCUT2D eigenvalue weighted by molar-refractivity contribution is 7.99. The third-order valence-corrected chi connectivity index (χ3v) is 4.47. The second kappa shape index (κ2) is 7.47. The number of H-pyrrole nitrogens is 1. The number of thioether (sulfide) groups is 1. The van der Waals surface area contributed by atoms with Crippen LogP contribution in [0.5, 0.6) is 0 Å². The quantitative estimate of drug-likeness (QED) is 0.770. The summed E-state index contributed by atoms with van der Waals surface area (Å²) in [6.45, 7) is 4.71. The lowest BCUT2D eigenvalue weighted by molar-refractivity contribution is 0.659. The molecule has 5 nitrogen and oxygen atoms in total. The summed E-state index contributed by atoms with van der Waals surface area (Å²) in [4.78, 5) is 11.5. The SMILES string of the molecule is CCCc1ccc(C(N)CSc2n[nH]c(=O)n2CC)cc1. The van der Waals surface area contributed by atoms with Gasteiger partial charge in [0, 0.05) is 18.3 Å². The number of nitrogens with zero attached hydrogens (tertiary/aromatic N) is 2. The van der Waals surface area contributed by atoms with E-state index in [1.54, 1.807) is 4.57 Å². The van der Waals surface area contributed by atoms with Crippen LogP contribution in [-0.4, -0.2) is 20.5 Å². The van der Waals surface area contributed by atoms with Gasteiger partial charge in [0.25, 0.3) is 0 Å². The van der Waals surface area contributed by atoms with Crippen molar-refractivity contribution in [2.75, 3.05) is 5.75 Å². The molecule has 0 aliphatic heterocycles. The lowest BCUT2D eigenvalue weighted by atomic mass is 10.0. The van der Waals surface area contributed by atoms with Gasteiger partial charge in [-0.25, -0.2) is 9.89 Å². The molecule has 0 radical (unpaired) electrons. The van der Waals surface area contributed by atoms with Crippen LogP contribution in [-0.2, 0) is 13.0 Å². The highest BCUT2D eigenvalue weighted by atomic mass is 32.2. The van der Waals surface area contributed by atoms with Crippen LogP contribution in [0.3, 0.4) is 0 Å². The van der Waals surface area contributed by atoms with Gasteiger partial charge in [0.2, 0.25) is 0 Å². The average Bonchev–Trinajstić information content (AvgIpc) is 2.86. The van der Waals surface area contributed by atoms with E-state index in [-0.39, 0.29) is 11.7 Å². The summed E-state index contributed by atoms with van der Waals surface area (Å²) in [6.07, 6.45) is 2.25. The Labute approximate surface area is 128 Å². The van der Waals surface area contributed by atoms with Crippen LogP contribution >= 0.6 is 11.8 Å². The van der Waals surface area contributed by atoms with Crippen LogP contribution in [0.1, 0.15) is 37.4 Å². The van der Waals surface area contributed by atoms with E-state index >= 15 is 0 Å². The van der Waals surface area contributed by atoms with E-state index in [4.69, 9.17) is 5.73 Å². The van der Waals surface area contributed by atoms with Crippen molar-refractivity contribution in [3.05, 3.63) is 45.9 Å². The molecule has 0 saturated carbocycles. The lowest BCUT2D eigenvalue weighted by Gasteiger charge is -2.12. The molecule has 1 heterocycles. The number of rotatable bonds is 7. The van der Waals surface area contributed by atoms with Gasteiger partial charge in [0.15, 0.2) is 5.16 Å². The standard InChI is InChI=1S/C15H22N4OS/c1-3-5-11-6-8-12(9-7-11)13(16)10-21-15-18-17-14(20)19(15)4-2/h6-9,13H,3-5,10,16H2,1-2H3,(H,17,20). The number of benzene rings is 1. The zero-order chi connectivity index (χ0) is 15.2. The first-order valence-corrected chi connectivity index (χ1v) is 8.26. The van der Waals surface area contributed by atoms with Crippen LogP contribution in [0.15, 0.2) is 34.2 Å². The van der Waals surface area contributed by atoms with Gasteiger partial charge >= 0.3 is 5.69 Å². The Kier molecular flexibility index (Phi) is 5.64. The highest BCUT2D eigenvalue weighted by Crippen LogP contribution is 2.21. The smallest absolute Gasteiger partial charge is 0.323 e. The largest absolute Gasteiger partial charge is 0.343 e. The van der Waals surface area contributed by atoms with Crippen LogP contribution in [0.2, 0.25) is 0 Å². The molecule has 21 heavy (non-hydrogen) atoms. The van der Waals surface area contributed by atoms with E-state index in [2.05, 4.69) is 41.4 Å². The molecule has 6 heteroatoms. The Morgan fingerprint density at radius 3 is 2.67 bits per heavy atom. The van der Waals surface area contributed by atoms with Crippen molar-refractivity contribution in [2.24, 2.45) is 5.73 Å². The zero-order valence-corrected chi connectivity index (χ0v) is 13.3. The van der Waals surface area contributed by atoms with Gasteiger partial charge in [0.1, 0.15) is 0 Å². The number of aromatic nitrogens is 3. The summed E-state index contributed by atoms with van der Waals surface area (Å²) < 4.78 is 1.61. The summed E-state index contributed by atoms with van der Waals surface area (Å²) >= 11 is 1.51. The summed E-state index contributed by atoms with van der Waals surface area (Å²) in [5, 5.41) is 7.19. The second-order valence-corrected chi connectivity index (χ2v) is 5.95. The molecule has 1 atom stereocenters. The second-order valence-electron chi connectivity index (χ2n) is 4.96. The van der Waals surface area contributed by atoms with Crippen molar-refractivity contribution < 1.29 is 0 Å². The van der Waals surface area contributed by atoms with E-state index < -0.39 is 0 Å². The third-order valence-electron chi connectivity index (χ3n) is 3.38. The molecule has 1 unspecified atom stereocenters. The molecular formula is C15H22N4OS. The molecule has 0 aliphatic carbocycles. The summed E-state index contributed by atoms with van der Waals surface area (Å²) in [5.41, 5.74) is 8.51. The molecular weight excluding hydrogens is 284 g/mol. The molecule has 3 N–H and O–H groups in total. The first kappa shape index (κ1) is 15.9. The van der Waals surface area contributed by atoms with Gasteiger partial charge in [-0.05, 0) is 24.5 Å².